The van der Waals surface area contributed by atoms with Gasteiger partial charge in [-0.25, -0.2) is 0 Å². The van der Waals surface area contributed by atoms with E-state index in [1.54, 1.807) is 30.3 Å². The summed E-state index contributed by atoms with van der Waals surface area (Å²) in [4.78, 5) is 10.4. The summed E-state index contributed by atoms with van der Waals surface area (Å²) in [6.45, 7) is 0. The number of halogens is 1. The number of benzene rings is 2. The van der Waals surface area contributed by atoms with Crippen molar-refractivity contribution in [3.63, 3.8) is 0 Å². The molecule has 0 aliphatic heterocycles. The van der Waals surface area contributed by atoms with Crippen LogP contribution in [-0.2, 0) is 0 Å². The Morgan fingerprint density at radius 3 is 1.71 bits per heavy atom. The van der Waals surface area contributed by atoms with Gasteiger partial charge in [-0.15, -0.1) is 0 Å². The van der Waals surface area contributed by atoms with E-state index in [0.29, 0.717) is 5.56 Å². The normalized spacial score (nSPS) is 9.00. The fourth-order valence-electron chi connectivity index (χ4n) is 1.06. The molecule has 0 bridgehead atoms. The van der Waals surface area contributed by atoms with E-state index in [9.17, 15) is 4.79 Å². The van der Waals surface area contributed by atoms with Crippen molar-refractivity contribution in [2.24, 2.45) is 0 Å². The van der Waals surface area contributed by atoms with Crippen molar-refractivity contribution in [2.75, 3.05) is 0 Å². The van der Waals surface area contributed by atoms with Crippen LogP contribution in [0.4, 0.5) is 0 Å². The van der Waals surface area contributed by atoms with Crippen molar-refractivity contribution in [1.29, 1.82) is 0 Å². The third kappa shape index (κ3) is 5.04. The van der Waals surface area contributed by atoms with E-state index in [0.717, 1.165) is 0 Å². The van der Waals surface area contributed by atoms with Gasteiger partial charge in [0, 0.05) is 11.6 Å². The lowest BCUT2D eigenvalue weighted by Crippen LogP contribution is -1.84. The molecular weight excluding hydrogens is 240 g/mol. The Morgan fingerprint density at radius 1 is 0.882 bits per heavy atom. The third-order valence-electron chi connectivity index (χ3n) is 1.83. The highest BCUT2D eigenvalue weighted by Crippen LogP contribution is 2.14. The highest BCUT2D eigenvalue weighted by Gasteiger charge is 1.95. The molecule has 0 aromatic heterocycles. The number of aromatic hydroxyl groups is 2. The molecule has 0 aliphatic rings. The lowest BCUT2D eigenvalue weighted by Gasteiger charge is -1.89. The first-order valence-electron chi connectivity index (χ1n) is 4.82. The summed E-state index contributed by atoms with van der Waals surface area (Å²) in [6.07, 6.45) is 0. The number of carbonyl (C=O) groups is 1. The predicted octanol–water partition coefficient (Wildman–Crippen LogP) is 3.16. The minimum absolute atomic E-state index is 0.0880. The van der Waals surface area contributed by atoms with E-state index in [4.69, 9.17) is 21.8 Å². The van der Waals surface area contributed by atoms with Crippen LogP contribution in [0.5, 0.6) is 11.5 Å². The molecule has 0 unspecified atom stereocenters. The lowest BCUT2D eigenvalue weighted by atomic mass is 10.2. The average Bonchev–Trinajstić information content (AvgIpc) is 2.30. The van der Waals surface area contributed by atoms with Gasteiger partial charge in [0.15, 0.2) is 0 Å². The molecule has 4 heteroatoms. The topological polar surface area (TPSA) is 57.5 Å². The summed E-state index contributed by atoms with van der Waals surface area (Å²) in [7, 11) is 0. The molecule has 0 atom stereocenters. The SMILES string of the molecule is O=C(Cl)c1ccccc1.Oc1cccc(O)c1. The molecule has 2 rings (SSSR count). The van der Waals surface area contributed by atoms with Gasteiger partial charge in [0.2, 0.25) is 0 Å². The van der Waals surface area contributed by atoms with Crippen LogP contribution in [0, 0.1) is 0 Å². The number of rotatable bonds is 1. The summed E-state index contributed by atoms with van der Waals surface area (Å²) in [6, 6.07) is 14.6. The summed E-state index contributed by atoms with van der Waals surface area (Å²) >= 11 is 5.16. The molecule has 0 aliphatic carbocycles. The van der Waals surface area contributed by atoms with Gasteiger partial charge in [-0.05, 0) is 23.7 Å². The van der Waals surface area contributed by atoms with Crippen molar-refractivity contribution in [3.8, 4) is 11.5 Å². The molecule has 0 amide bonds. The summed E-state index contributed by atoms with van der Waals surface area (Å²) in [5, 5.41) is 16.9. The van der Waals surface area contributed by atoms with Crippen LogP contribution in [0.25, 0.3) is 0 Å². The maximum absolute atomic E-state index is 10.4. The second kappa shape index (κ2) is 6.55. The lowest BCUT2D eigenvalue weighted by molar-refractivity contribution is 0.108. The van der Waals surface area contributed by atoms with Gasteiger partial charge in [0.05, 0.1) is 0 Å². The Hall–Kier alpha value is -2.00. The summed E-state index contributed by atoms with van der Waals surface area (Å²) in [5.74, 6) is 0.176. The van der Waals surface area contributed by atoms with E-state index in [1.165, 1.54) is 18.2 Å². The number of hydrogen-bond donors (Lipinski definition) is 2. The van der Waals surface area contributed by atoms with Crippen LogP contribution < -0.4 is 0 Å². The molecule has 0 saturated heterocycles. The zero-order chi connectivity index (χ0) is 12.7. The molecule has 0 heterocycles. The van der Waals surface area contributed by atoms with E-state index in [1.807, 2.05) is 6.07 Å². The predicted molar refractivity (Wildman–Crippen MR) is 66.4 cm³/mol. The Balaban J connectivity index is 0.000000171. The van der Waals surface area contributed by atoms with E-state index in [-0.39, 0.29) is 11.5 Å². The van der Waals surface area contributed by atoms with Crippen molar-refractivity contribution in [3.05, 3.63) is 60.2 Å². The number of phenolic OH excluding ortho intramolecular Hbond substituents is 2. The molecule has 0 fully saturated rings. The highest BCUT2D eigenvalue weighted by atomic mass is 35.5. The molecule has 0 spiro atoms. The first-order valence-corrected chi connectivity index (χ1v) is 5.20. The zero-order valence-corrected chi connectivity index (χ0v) is 9.63. The molecular formula is C13H11ClO3. The second-order valence-electron chi connectivity index (χ2n) is 3.16. The standard InChI is InChI=1S/C7H5ClO.C6H6O2/c8-7(9)6-4-2-1-3-5-6;7-5-2-1-3-6(8)4-5/h1-5H;1-4,7-8H. The molecule has 17 heavy (non-hydrogen) atoms. The number of carbonyl (C=O) groups excluding carboxylic acids is 1. The molecule has 88 valence electrons. The van der Waals surface area contributed by atoms with E-state index < -0.39 is 5.24 Å². The fourth-order valence-corrected chi connectivity index (χ4v) is 1.19. The monoisotopic (exact) mass is 250 g/mol. The summed E-state index contributed by atoms with van der Waals surface area (Å²) < 4.78 is 0. The molecule has 0 radical (unpaired) electrons. The quantitative estimate of drug-likeness (QED) is 0.765. The zero-order valence-electron chi connectivity index (χ0n) is 8.88. The van der Waals surface area contributed by atoms with Crippen LogP contribution in [0.15, 0.2) is 54.6 Å². The van der Waals surface area contributed by atoms with Crippen molar-refractivity contribution in [1.82, 2.24) is 0 Å². The van der Waals surface area contributed by atoms with Crippen LogP contribution in [-0.4, -0.2) is 15.5 Å². The molecule has 2 aromatic rings. The molecule has 0 saturated carbocycles. The van der Waals surface area contributed by atoms with Gasteiger partial charge in [-0.3, -0.25) is 4.79 Å². The molecule has 2 N–H and O–H groups in total. The fraction of sp³-hybridized carbons (Fsp3) is 0. The van der Waals surface area contributed by atoms with Gasteiger partial charge < -0.3 is 10.2 Å². The third-order valence-corrected chi connectivity index (χ3v) is 2.05. The maximum Gasteiger partial charge on any atom is 0.252 e. The van der Waals surface area contributed by atoms with Crippen LogP contribution in [0.2, 0.25) is 0 Å². The van der Waals surface area contributed by atoms with E-state index >= 15 is 0 Å². The average molecular weight is 251 g/mol. The Labute approximate surface area is 104 Å². The van der Waals surface area contributed by atoms with E-state index in [2.05, 4.69) is 0 Å². The molecule has 2 aromatic carbocycles. The van der Waals surface area contributed by atoms with Crippen molar-refractivity contribution < 1.29 is 15.0 Å². The van der Waals surface area contributed by atoms with Gasteiger partial charge in [-0.2, -0.15) is 0 Å². The summed E-state index contributed by atoms with van der Waals surface area (Å²) in [5.41, 5.74) is 0.541. The number of hydrogen-bond acceptors (Lipinski definition) is 3. The Bertz CT molecular complexity index is 466. The Morgan fingerprint density at radius 2 is 1.41 bits per heavy atom. The van der Waals surface area contributed by atoms with Gasteiger partial charge in [-0.1, -0.05) is 36.4 Å². The first-order chi connectivity index (χ1) is 8.09. The maximum atomic E-state index is 10.4. The van der Waals surface area contributed by atoms with Crippen molar-refractivity contribution >= 4 is 16.8 Å². The second-order valence-corrected chi connectivity index (χ2v) is 3.50. The van der Waals surface area contributed by atoms with Gasteiger partial charge >= 0.3 is 0 Å². The minimum atomic E-state index is -0.407. The minimum Gasteiger partial charge on any atom is -0.508 e. The largest absolute Gasteiger partial charge is 0.508 e. The molecule has 3 nitrogen and oxygen atoms in total. The smallest absolute Gasteiger partial charge is 0.252 e. The van der Waals surface area contributed by atoms with Gasteiger partial charge in [0.1, 0.15) is 11.5 Å². The van der Waals surface area contributed by atoms with Crippen LogP contribution in [0.3, 0.4) is 0 Å². The highest BCUT2D eigenvalue weighted by molar-refractivity contribution is 6.67. The van der Waals surface area contributed by atoms with Crippen LogP contribution >= 0.6 is 11.6 Å². The first kappa shape index (κ1) is 13.1. The van der Waals surface area contributed by atoms with Crippen molar-refractivity contribution in [2.45, 2.75) is 0 Å². The van der Waals surface area contributed by atoms with Gasteiger partial charge in [0.25, 0.3) is 5.24 Å². The Kier molecular flexibility index (Phi) is 5.04. The van der Waals surface area contributed by atoms with Crippen LogP contribution in [0.1, 0.15) is 10.4 Å². The number of phenols is 2.